The molecular weight excluding hydrogens is 474 g/mol. The van der Waals surface area contributed by atoms with Crippen molar-refractivity contribution in [2.75, 3.05) is 19.7 Å². The first-order chi connectivity index (χ1) is 18.0. The molecule has 38 heavy (non-hydrogen) atoms. The highest BCUT2D eigenvalue weighted by Crippen LogP contribution is 2.47. The van der Waals surface area contributed by atoms with E-state index in [1.165, 1.54) is 23.3 Å². The number of carbonyl (C=O) groups is 1. The molecule has 0 fully saturated rings. The summed E-state index contributed by atoms with van der Waals surface area (Å²) in [5.41, 5.74) is 6.65. The van der Waals surface area contributed by atoms with Gasteiger partial charge in [0, 0.05) is 5.56 Å². The monoisotopic (exact) mass is 515 g/mol. The number of hydrogen-bond acceptors (Lipinski definition) is 4. The first-order valence-corrected chi connectivity index (χ1v) is 13.7. The zero-order chi connectivity index (χ0) is 27.5. The third-order valence-corrected chi connectivity index (χ3v) is 7.89. The van der Waals surface area contributed by atoms with E-state index in [0.717, 1.165) is 66.8 Å². The van der Waals surface area contributed by atoms with Crippen molar-refractivity contribution in [3.05, 3.63) is 71.3 Å². The lowest BCUT2D eigenvalue weighted by atomic mass is 9.63. The van der Waals surface area contributed by atoms with Gasteiger partial charge in [-0.2, -0.15) is 0 Å². The highest BCUT2D eigenvalue weighted by atomic mass is 16.5. The summed E-state index contributed by atoms with van der Waals surface area (Å²) >= 11 is 0. The maximum absolute atomic E-state index is 11.4. The predicted molar refractivity (Wildman–Crippen MR) is 154 cm³/mol. The molecule has 0 heterocycles. The summed E-state index contributed by atoms with van der Waals surface area (Å²) < 4.78 is 6.31. The van der Waals surface area contributed by atoms with Gasteiger partial charge in [0.2, 0.25) is 0 Å². The Morgan fingerprint density at radius 1 is 0.868 bits per heavy atom. The van der Waals surface area contributed by atoms with E-state index in [-0.39, 0.29) is 22.1 Å². The number of benzene rings is 3. The average Bonchev–Trinajstić information content (AvgIpc) is 2.88. The van der Waals surface area contributed by atoms with Crippen molar-refractivity contribution in [2.24, 2.45) is 0 Å². The van der Waals surface area contributed by atoms with Crippen LogP contribution in [-0.2, 0) is 10.8 Å². The van der Waals surface area contributed by atoms with Crippen LogP contribution in [0.15, 0.2) is 54.6 Å². The van der Waals surface area contributed by atoms with Gasteiger partial charge in [0.25, 0.3) is 0 Å². The Morgan fingerprint density at radius 2 is 1.53 bits per heavy atom. The van der Waals surface area contributed by atoms with E-state index in [1.807, 2.05) is 12.1 Å². The fourth-order valence-corrected chi connectivity index (χ4v) is 5.39. The van der Waals surface area contributed by atoms with Crippen molar-refractivity contribution in [3.63, 3.8) is 0 Å². The van der Waals surface area contributed by atoms with Crippen LogP contribution in [0.2, 0.25) is 0 Å². The third kappa shape index (κ3) is 5.88. The fourth-order valence-electron chi connectivity index (χ4n) is 5.39. The van der Waals surface area contributed by atoms with E-state index in [9.17, 15) is 15.0 Å². The van der Waals surface area contributed by atoms with E-state index < -0.39 is 5.97 Å². The van der Waals surface area contributed by atoms with Gasteiger partial charge in [-0.15, -0.1) is 0 Å². The number of nitrogens with one attached hydrogen (secondary N) is 1. The summed E-state index contributed by atoms with van der Waals surface area (Å²) in [6.07, 6.45) is 4.33. The Kier molecular flexibility index (Phi) is 8.17. The average molecular weight is 516 g/mol. The molecule has 1 aliphatic rings. The maximum atomic E-state index is 11.4. The topological polar surface area (TPSA) is 78.8 Å². The Balaban J connectivity index is 1.75. The van der Waals surface area contributed by atoms with Gasteiger partial charge in [-0.25, -0.2) is 4.79 Å². The molecule has 0 saturated heterocycles. The van der Waals surface area contributed by atoms with Gasteiger partial charge in [-0.05, 0) is 102 Å². The van der Waals surface area contributed by atoms with Gasteiger partial charge in [-0.1, -0.05) is 65.0 Å². The van der Waals surface area contributed by atoms with Gasteiger partial charge in [0.1, 0.15) is 17.1 Å². The van der Waals surface area contributed by atoms with Crippen LogP contribution in [0.25, 0.3) is 22.3 Å². The standard InChI is InChI=1S/C33H41NO4/c1-6-16-34-17-7-18-38-30-13-10-22(23-8-11-25(31(36)37)29(35)21-23)19-26(30)24-9-12-27-28(20-24)33(4,5)15-14-32(27,2)3/h8-13,19-21,34-35H,6-7,14-18H2,1-5H3,(H,36,37). The number of carboxylic acid groups (broad SMARTS) is 1. The molecule has 0 saturated carbocycles. The molecular formula is C33H41NO4. The minimum absolute atomic E-state index is 0.0862. The highest BCUT2D eigenvalue weighted by Gasteiger charge is 2.37. The SMILES string of the molecule is CCCNCCCOc1ccc(-c2ccc(C(=O)O)c(O)c2)cc1-c1ccc2c(c1)C(C)(C)CCC2(C)C. The molecule has 3 N–H and O–H groups in total. The lowest BCUT2D eigenvalue weighted by Crippen LogP contribution is -2.33. The molecule has 0 aromatic heterocycles. The fraction of sp³-hybridized carbons (Fsp3) is 0.424. The number of aromatic carboxylic acids is 1. The lowest BCUT2D eigenvalue weighted by Gasteiger charge is -2.42. The zero-order valence-electron chi connectivity index (χ0n) is 23.4. The van der Waals surface area contributed by atoms with Crippen LogP contribution in [0.4, 0.5) is 0 Å². The molecule has 4 rings (SSSR count). The van der Waals surface area contributed by atoms with Gasteiger partial charge in [0.05, 0.1) is 6.61 Å². The first kappa shape index (κ1) is 27.7. The minimum Gasteiger partial charge on any atom is -0.507 e. The number of aromatic hydroxyl groups is 1. The second kappa shape index (κ2) is 11.2. The second-order valence-electron chi connectivity index (χ2n) is 11.7. The molecule has 0 atom stereocenters. The number of carboxylic acids is 1. The van der Waals surface area contributed by atoms with Crippen LogP contribution < -0.4 is 10.1 Å². The van der Waals surface area contributed by atoms with Crippen molar-refractivity contribution in [1.29, 1.82) is 0 Å². The van der Waals surface area contributed by atoms with Crippen LogP contribution in [0.5, 0.6) is 11.5 Å². The normalized spacial score (nSPS) is 15.6. The minimum atomic E-state index is -1.15. The van der Waals surface area contributed by atoms with E-state index >= 15 is 0 Å². The van der Waals surface area contributed by atoms with E-state index in [4.69, 9.17) is 4.74 Å². The molecule has 0 bridgehead atoms. The smallest absolute Gasteiger partial charge is 0.339 e. The molecule has 5 heteroatoms. The summed E-state index contributed by atoms with van der Waals surface area (Å²) in [6, 6.07) is 17.5. The van der Waals surface area contributed by atoms with Gasteiger partial charge >= 0.3 is 5.97 Å². The van der Waals surface area contributed by atoms with E-state index in [2.05, 4.69) is 64.2 Å². The molecule has 5 nitrogen and oxygen atoms in total. The summed E-state index contributed by atoms with van der Waals surface area (Å²) in [6.45, 7) is 14.0. The van der Waals surface area contributed by atoms with Crippen molar-refractivity contribution in [3.8, 4) is 33.8 Å². The zero-order valence-corrected chi connectivity index (χ0v) is 23.4. The van der Waals surface area contributed by atoms with Gasteiger partial charge < -0.3 is 20.3 Å². The molecule has 3 aromatic rings. The number of fused-ring (bicyclic) bond motifs is 1. The van der Waals surface area contributed by atoms with Crippen molar-refractivity contribution >= 4 is 5.97 Å². The predicted octanol–water partition coefficient (Wildman–Crippen LogP) is 7.54. The van der Waals surface area contributed by atoms with Crippen LogP contribution in [0.1, 0.15) is 81.8 Å². The lowest BCUT2D eigenvalue weighted by molar-refractivity contribution is 0.0693. The third-order valence-electron chi connectivity index (χ3n) is 7.89. The molecule has 0 aliphatic heterocycles. The van der Waals surface area contributed by atoms with Gasteiger partial charge in [-0.3, -0.25) is 0 Å². The number of hydrogen-bond donors (Lipinski definition) is 3. The number of phenols is 1. The Labute approximate surface area is 226 Å². The summed E-state index contributed by atoms with van der Waals surface area (Å²) in [5.74, 6) is -0.566. The second-order valence-corrected chi connectivity index (χ2v) is 11.7. The van der Waals surface area contributed by atoms with E-state index in [0.29, 0.717) is 6.61 Å². The number of ether oxygens (including phenoxy) is 1. The largest absolute Gasteiger partial charge is 0.507 e. The van der Waals surface area contributed by atoms with E-state index in [1.54, 1.807) is 6.07 Å². The first-order valence-electron chi connectivity index (χ1n) is 13.7. The van der Waals surface area contributed by atoms with Crippen LogP contribution in [-0.4, -0.2) is 35.9 Å². The van der Waals surface area contributed by atoms with Crippen LogP contribution in [0, 0.1) is 0 Å². The van der Waals surface area contributed by atoms with Crippen LogP contribution >= 0.6 is 0 Å². The molecule has 0 unspecified atom stereocenters. The molecule has 0 amide bonds. The quantitative estimate of drug-likeness (QED) is 0.243. The van der Waals surface area contributed by atoms with Crippen molar-refractivity contribution < 1.29 is 19.7 Å². The van der Waals surface area contributed by atoms with Crippen LogP contribution in [0.3, 0.4) is 0 Å². The van der Waals surface area contributed by atoms with Gasteiger partial charge in [0.15, 0.2) is 0 Å². The van der Waals surface area contributed by atoms with Crippen molar-refractivity contribution in [2.45, 2.75) is 71.1 Å². The summed E-state index contributed by atoms with van der Waals surface area (Å²) in [4.78, 5) is 11.4. The summed E-state index contributed by atoms with van der Waals surface area (Å²) in [5, 5.41) is 23.0. The van der Waals surface area contributed by atoms with Crippen molar-refractivity contribution in [1.82, 2.24) is 5.32 Å². The molecule has 0 spiro atoms. The maximum Gasteiger partial charge on any atom is 0.339 e. The Morgan fingerprint density at radius 3 is 2.21 bits per heavy atom. The Hall–Kier alpha value is -3.31. The summed E-state index contributed by atoms with van der Waals surface area (Å²) in [7, 11) is 0. The molecule has 1 aliphatic carbocycles. The number of rotatable bonds is 10. The highest BCUT2D eigenvalue weighted by molar-refractivity contribution is 5.92. The molecule has 0 radical (unpaired) electrons. The molecule has 202 valence electrons. The molecule has 3 aromatic carbocycles. The Bertz CT molecular complexity index is 1310.